The molecule has 0 fully saturated rings. The molecule has 0 bridgehead atoms. The van der Waals surface area contributed by atoms with Crippen LogP contribution >= 0.6 is 27.5 Å². The van der Waals surface area contributed by atoms with Crippen molar-refractivity contribution in [3.63, 3.8) is 0 Å². The molecule has 0 radical (unpaired) electrons. The molecule has 0 saturated carbocycles. The summed E-state index contributed by atoms with van der Waals surface area (Å²) in [6, 6.07) is 12.2. The highest BCUT2D eigenvalue weighted by Crippen LogP contribution is 2.18. The van der Waals surface area contributed by atoms with Crippen LogP contribution in [0.1, 0.15) is 19.7 Å². The number of benzene rings is 2. The highest BCUT2D eigenvalue weighted by Gasteiger charge is 2.22. The number of aromatic nitrogens is 2. The molecule has 0 aliphatic rings. The van der Waals surface area contributed by atoms with Gasteiger partial charge in [-0.25, -0.2) is 4.98 Å². The Bertz CT molecular complexity index is 1050. The monoisotopic (exact) mass is 463 g/mol. The Kier molecular flexibility index (Phi) is 6.36. The first kappa shape index (κ1) is 20.4. The van der Waals surface area contributed by atoms with Gasteiger partial charge in [-0.2, -0.15) is 0 Å². The van der Waals surface area contributed by atoms with Gasteiger partial charge in [0.05, 0.1) is 17.4 Å². The Balaban J connectivity index is 1.77. The van der Waals surface area contributed by atoms with Gasteiger partial charge in [-0.3, -0.25) is 9.59 Å². The molecule has 2 aromatic carbocycles. The van der Waals surface area contributed by atoms with Gasteiger partial charge >= 0.3 is 0 Å². The van der Waals surface area contributed by atoms with Crippen molar-refractivity contribution in [2.24, 2.45) is 0 Å². The summed E-state index contributed by atoms with van der Waals surface area (Å²) in [6.45, 7) is 4.18. The maximum Gasteiger partial charge on any atom is 0.263 e. The molecule has 28 heavy (non-hydrogen) atoms. The van der Waals surface area contributed by atoms with E-state index >= 15 is 0 Å². The zero-order chi connectivity index (χ0) is 20.3. The second-order valence-electron chi connectivity index (χ2n) is 6.24. The van der Waals surface area contributed by atoms with Gasteiger partial charge in [-0.05, 0) is 56.3 Å². The first-order valence-corrected chi connectivity index (χ1v) is 9.94. The van der Waals surface area contributed by atoms with E-state index in [-0.39, 0.29) is 18.0 Å². The van der Waals surface area contributed by atoms with E-state index < -0.39 is 6.10 Å². The van der Waals surface area contributed by atoms with Gasteiger partial charge in [0.15, 0.2) is 6.10 Å². The Morgan fingerprint density at radius 2 is 2.00 bits per heavy atom. The smallest absolute Gasteiger partial charge is 0.263 e. The number of H-pyrrole nitrogens is 1. The van der Waals surface area contributed by atoms with Crippen LogP contribution in [0.3, 0.4) is 0 Å². The molecule has 8 heteroatoms. The Labute approximate surface area is 175 Å². The molecule has 0 aliphatic carbocycles. The normalized spacial score (nSPS) is 12.0. The molecular weight excluding hydrogens is 446 g/mol. The van der Waals surface area contributed by atoms with Crippen LogP contribution in [0.25, 0.3) is 10.9 Å². The van der Waals surface area contributed by atoms with E-state index in [1.165, 1.54) is 0 Å². The molecular formula is C20H19BrClN3O3. The standard InChI is InChI=1S/C20H19BrClN3O3/c1-3-25(20(27)12(2)28-15-7-4-13(21)5-8-15)11-18-23-17-10-14(22)6-9-16(17)19(26)24-18/h4-10,12H,3,11H2,1-2H3,(H,23,24,26). The average Bonchev–Trinajstić information content (AvgIpc) is 2.67. The van der Waals surface area contributed by atoms with E-state index in [0.29, 0.717) is 34.0 Å². The second-order valence-corrected chi connectivity index (χ2v) is 7.59. The van der Waals surface area contributed by atoms with E-state index in [9.17, 15) is 9.59 Å². The summed E-state index contributed by atoms with van der Waals surface area (Å²) in [5.41, 5.74) is 0.230. The van der Waals surface area contributed by atoms with Crippen molar-refractivity contribution in [2.75, 3.05) is 6.54 Å². The fraction of sp³-hybridized carbons (Fsp3) is 0.250. The zero-order valence-electron chi connectivity index (χ0n) is 15.4. The summed E-state index contributed by atoms with van der Waals surface area (Å²) in [7, 11) is 0. The molecule has 1 heterocycles. The largest absolute Gasteiger partial charge is 0.481 e. The first-order chi connectivity index (χ1) is 13.4. The number of fused-ring (bicyclic) bond motifs is 1. The lowest BCUT2D eigenvalue weighted by atomic mass is 10.2. The van der Waals surface area contributed by atoms with Crippen LogP contribution in [0.4, 0.5) is 0 Å². The summed E-state index contributed by atoms with van der Waals surface area (Å²) >= 11 is 9.36. The maximum atomic E-state index is 12.8. The van der Waals surface area contributed by atoms with Crippen molar-refractivity contribution in [2.45, 2.75) is 26.5 Å². The predicted octanol–water partition coefficient (Wildman–Crippen LogP) is 4.16. The van der Waals surface area contributed by atoms with Gasteiger partial charge in [0.25, 0.3) is 11.5 Å². The van der Waals surface area contributed by atoms with Crippen LogP contribution in [0.2, 0.25) is 5.02 Å². The van der Waals surface area contributed by atoms with Gasteiger partial charge in [-0.15, -0.1) is 0 Å². The molecule has 146 valence electrons. The van der Waals surface area contributed by atoms with Crippen LogP contribution < -0.4 is 10.3 Å². The number of nitrogens with one attached hydrogen (secondary N) is 1. The lowest BCUT2D eigenvalue weighted by Gasteiger charge is -2.24. The minimum absolute atomic E-state index is 0.168. The van der Waals surface area contributed by atoms with Crippen molar-refractivity contribution < 1.29 is 9.53 Å². The highest BCUT2D eigenvalue weighted by atomic mass is 79.9. The van der Waals surface area contributed by atoms with E-state index in [1.54, 1.807) is 42.2 Å². The molecule has 0 aliphatic heterocycles. The number of carbonyl (C=O) groups excluding carboxylic acids is 1. The molecule has 1 amide bonds. The summed E-state index contributed by atoms with van der Waals surface area (Å²) in [6.07, 6.45) is -0.678. The molecule has 3 rings (SSSR count). The second kappa shape index (κ2) is 8.75. The SMILES string of the molecule is CCN(Cc1nc2cc(Cl)ccc2c(=O)[nH]1)C(=O)C(C)Oc1ccc(Br)cc1. The Morgan fingerprint density at radius 3 is 2.68 bits per heavy atom. The Morgan fingerprint density at radius 1 is 1.29 bits per heavy atom. The van der Waals surface area contributed by atoms with Gasteiger partial charge in [0.2, 0.25) is 0 Å². The number of aromatic amines is 1. The molecule has 0 spiro atoms. The van der Waals surface area contributed by atoms with Crippen molar-refractivity contribution in [1.82, 2.24) is 14.9 Å². The van der Waals surface area contributed by atoms with Crippen molar-refractivity contribution in [1.29, 1.82) is 0 Å². The number of ether oxygens (including phenoxy) is 1. The summed E-state index contributed by atoms with van der Waals surface area (Å²) in [4.78, 5) is 33.8. The quantitative estimate of drug-likeness (QED) is 0.594. The lowest BCUT2D eigenvalue weighted by molar-refractivity contribution is -0.138. The molecule has 1 atom stereocenters. The summed E-state index contributed by atoms with van der Waals surface area (Å²) < 4.78 is 6.67. The topological polar surface area (TPSA) is 75.3 Å². The zero-order valence-corrected chi connectivity index (χ0v) is 17.8. The average molecular weight is 465 g/mol. The van der Waals surface area contributed by atoms with Gasteiger partial charge in [0.1, 0.15) is 11.6 Å². The van der Waals surface area contributed by atoms with Gasteiger partial charge < -0.3 is 14.6 Å². The predicted molar refractivity (Wildman–Crippen MR) is 113 cm³/mol. The maximum absolute atomic E-state index is 12.8. The number of hydrogen-bond acceptors (Lipinski definition) is 4. The number of rotatable bonds is 6. The lowest BCUT2D eigenvalue weighted by Crippen LogP contribution is -2.40. The molecule has 6 nitrogen and oxygen atoms in total. The van der Waals surface area contributed by atoms with Gasteiger partial charge in [-0.1, -0.05) is 27.5 Å². The number of amides is 1. The van der Waals surface area contributed by atoms with Crippen LogP contribution in [0.5, 0.6) is 5.75 Å². The fourth-order valence-electron chi connectivity index (χ4n) is 2.79. The van der Waals surface area contributed by atoms with Crippen LogP contribution in [0.15, 0.2) is 51.7 Å². The van der Waals surface area contributed by atoms with E-state index in [2.05, 4.69) is 25.9 Å². The first-order valence-electron chi connectivity index (χ1n) is 8.77. The van der Waals surface area contributed by atoms with Crippen molar-refractivity contribution >= 4 is 44.3 Å². The number of nitrogens with zero attached hydrogens (tertiary/aromatic N) is 2. The van der Waals surface area contributed by atoms with Gasteiger partial charge in [0, 0.05) is 16.0 Å². The van der Waals surface area contributed by atoms with Crippen LogP contribution in [-0.2, 0) is 11.3 Å². The number of hydrogen-bond donors (Lipinski definition) is 1. The molecule has 3 aromatic rings. The third kappa shape index (κ3) is 4.72. The number of halogens is 2. The third-order valence-corrected chi connectivity index (χ3v) is 4.99. The van der Waals surface area contributed by atoms with E-state index in [4.69, 9.17) is 16.3 Å². The van der Waals surface area contributed by atoms with E-state index in [0.717, 1.165) is 4.47 Å². The summed E-state index contributed by atoms with van der Waals surface area (Å²) in [5, 5.41) is 0.950. The fourth-order valence-corrected chi connectivity index (χ4v) is 3.22. The summed E-state index contributed by atoms with van der Waals surface area (Å²) in [5.74, 6) is 0.803. The van der Waals surface area contributed by atoms with Crippen molar-refractivity contribution in [3.05, 3.63) is 68.1 Å². The highest BCUT2D eigenvalue weighted by molar-refractivity contribution is 9.10. The van der Waals surface area contributed by atoms with E-state index in [1.807, 2.05) is 19.1 Å². The molecule has 0 saturated heterocycles. The molecule has 1 unspecified atom stereocenters. The third-order valence-electron chi connectivity index (χ3n) is 4.23. The van der Waals surface area contributed by atoms with Crippen LogP contribution in [0, 0.1) is 0 Å². The number of likely N-dealkylation sites (N-methyl/N-ethyl adjacent to an activating group) is 1. The minimum atomic E-state index is -0.678. The molecule has 1 N–H and O–H groups in total. The Hall–Kier alpha value is -2.38. The number of carbonyl (C=O) groups is 1. The minimum Gasteiger partial charge on any atom is -0.481 e. The molecule has 1 aromatic heterocycles. The van der Waals surface area contributed by atoms with Crippen molar-refractivity contribution in [3.8, 4) is 5.75 Å². The van der Waals surface area contributed by atoms with Crippen LogP contribution in [-0.4, -0.2) is 33.4 Å².